The third kappa shape index (κ3) is 5.95. The molecule has 0 atom stereocenters. The fraction of sp³-hybridized carbons (Fsp3) is 0.941. The van der Waals surface area contributed by atoms with E-state index in [4.69, 9.17) is 5.73 Å². The van der Waals surface area contributed by atoms with Crippen molar-refractivity contribution in [2.45, 2.75) is 83.7 Å². The lowest BCUT2D eigenvalue weighted by Crippen LogP contribution is -2.57. The van der Waals surface area contributed by atoms with Gasteiger partial charge in [0, 0.05) is 17.6 Å². The lowest BCUT2D eigenvalue weighted by Gasteiger charge is -2.43. The maximum absolute atomic E-state index is 12.3. The van der Waals surface area contributed by atoms with E-state index in [1.807, 2.05) is 20.8 Å². The average Bonchev–Trinajstić information content (AvgIpc) is 2.62. The van der Waals surface area contributed by atoms with Crippen LogP contribution in [0.2, 0.25) is 0 Å². The number of carbonyl (C=O) groups is 1. The van der Waals surface area contributed by atoms with Crippen LogP contribution < -0.4 is 11.1 Å². The molecule has 21 heavy (non-hydrogen) atoms. The molecule has 0 aromatic rings. The average molecular weight is 297 g/mol. The summed E-state index contributed by atoms with van der Waals surface area (Å²) in [5.41, 5.74) is 6.03. The van der Waals surface area contributed by atoms with Crippen molar-refractivity contribution in [3.63, 3.8) is 0 Å². The molecule has 0 aromatic heterocycles. The van der Waals surface area contributed by atoms with Gasteiger partial charge in [0.25, 0.3) is 0 Å². The van der Waals surface area contributed by atoms with E-state index in [0.29, 0.717) is 13.1 Å². The van der Waals surface area contributed by atoms with E-state index < -0.39 is 0 Å². The van der Waals surface area contributed by atoms with Crippen LogP contribution in [0.1, 0.15) is 72.6 Å². The minimum absolute atomic E-state index is 0.0295. The molecule has 0 aliphatic heterocycles. The molecule has 1 rings (SSSR count). The summed E-state index contributed by atoms with van der Waals surface area (Å²) in [5, 5.41) is 3.08. The fourth-order valence-electron chi connectivity index (χ4n) is 3.42. The van der Waals surface area contributed by atoms with Crippen LogP contribution in [-0.4, -0.2) is 41.5 Å². The predicted molar refractivity (Wildman–Crippen MR) is 89.2 cm³/mol. The summed E-state index contributed by atoms with van der Waals surface area (Å²) in [6.07, 6.45) is 8.39. The maximum atomic E-state index is 12.3. The summed E-state index contributed by atoms with van der Waals surface area (Å²) in [6, 6.07) is 0. The number of hydrogen-bond donors (Lipinski definition) is 2. The summed E-state index contributed by atoms with van der Waals surface area (Å²) >= 11 is 0. The second-order valence-corrected chi connectivity index (χ2v) is 7.56. The molecule has 4 heteroatoms. The molecule has 124 valence electrons. The van der Waals surface area contributed by atoms with Crippen molar-refractivity contribution in [1.82, 2.24) is 10.2 Å². The van der Waals surface area contributed by atoms with Crippen molar-refractivity contribution < 1.29 is 4.79 Å². The monoisotopic (exact) mass is 297 g/mol. The molecule has 1 aliphatic rings. The zero-order valence-electron chi connectivity index (χ0n) is 14.5. The van der Waals surface area contributed by atoms with Gasteiger partial charge in [-0.1, -0.05) is 32.6 Å². The molecule has 1 amide bonds. The summed E-state index contributed by atoms with van der Waals surface area (Å²) < 4.78 is 0. The Balaban J connectivity index is 2.79. The van der Waals surface area contributed by atoms with E-state index in [2.05, 4.69) is 17.1 Å². The van der Waals surface area contributed by atoms with Gasteiger partial charge in [-0.05, 0) is 46.6 Å². The summed E-state index contributed by atoms with van der Waals surface area (Å²) in [4.78, 5) is 14.7. The Morgan fingerprint density at radius 3 is 2.19 bits per heavy atom. The molecule has 0 unspecified atom stereocenters. The number of nitrogens with two attached hydrogens (primary N) is 1. The predicted octanol–water partition coefficient (Wildman–Crippen LogP) is 2.66. The van der Waals surface area contributed by atoms with E-state index >= 15 is 0 Å². The molecular weight excluding hydrogens is 262 g/mol. The third-order valence-corrected chi connectivity index (χ3v) is 4.43. The van der Waals surface area contributed by atoms with Crippen LogP contribution in [0.15, 0.2) is 0 Å². The summed E-state index contributed by atoms with van der Waals surface area (Å²) in [5.74, 6) is 0.119. The van der Waals surface area contributed by atoms with Crippen LogP contribution in [0.5, 0.6) is 0 Å². The lowest BCUT2D eigenvalue weighted by molar-refractivity contribution is -0.125. The largest absolute Gasteiger partial charge is 0.350 e. The Morgan fingerprint density at radius 2 is 1.76 bits per heavy atom. The highest BCUT2D eigenvalue weighted by Gasteiger charge is 2.36. The van der Waals surface area contributed by atoms with E-state index in [1.54, 1.807) is 0 Å². The number of amides is 1. The number of carbonyl (C=O) groups excluding carboxylic acids is 1. The molecule has 0 spiro atoms. The zero-order valence-corrected chi connectivity index (χ0v) is 14.5. The molecule has 0 radical (unpaired) electrons. The van der Waals surface area contributed by atoms with E-state index in [9.17, 15) is 4.79 Å². The van der Waals surface area contributed by atoms with Crippen LogP contribution in [-0.2, 0) is 4.79 Å². The summed E-state index contributed by atoms with van der Waals surface area (Å²) in [7, 11) is 0. The van der Waals surface area contributed by atoms with Gasteiger partial charge in [0.15, 0.2) is 0 Å². The molecule has 4 nitrogen and oxygen atoms in total. The molecule has 0 heterocycles. The molecular formula is C17H35N3O. The third-order valence-electron chi connectivity index (χ3n) is 4.43. The van der Waals surface area contributed by atoms with Gasteiger partial charge < -0.3 is 11.1 Å². The van der Waals surface area contributed by atoms with Crippen LogP contribution in [0, 0.1) is 0 Å². The van der Waals surface area contributed by atoms with Gasteiger partial charge in [-0.25, -0.2) is 0 Å². The highest BCUT2D eigenvalue weighted by Crippen LogP contribution is 2.32. The molecule has 0 saturated heterocycles. The Hall–Kier alpha value is -0.610. The first-order valence-corrected chi connectivity index (χ1v) is 8.59. The minimum Gasteiger partial charge on any atom is -0.350 e. The van der Waals surface area contributed by atoms with Crippen molar-refractivity contribution in [2.75, 3.05) is 19.6 Å². The first-order chi connectivity index (χ1) is 9.83. The van der Waals surface area contributed by atoms with Gasteiger partial charge in [-0.15, -0.1) is 0 Å². The van der Waals surface area contributed by atoms with Gasteiger partial charge in [-0.3, -0.25) is 9.69 Å². The van der Waals surface area contributed by atoms with Crippen molar-refractivity contribution in [1.29, 1.82) is 0 Å². The molecule has 0 aromatic carbocycles. The Bertz CT molecular complexity index is 314. The van der Waals surface area contributed by atoms with Crippen molar-refractivity contribution in [2.24, 2.45) is 5.73 Å². The number of nitrogens with zero attached hydrogens (tertiary/aromatic N) is 1. The first kappa shape index (κ1) is 18.4. The SMILES string of the molecule is CCCN(CC(=O)NC(C)(C)C)C1(CN)CCCCCC1. The lowest BCUT2D eigenvalue weighted by atomic mass is 9.87. The van der Waals surface area contributed by atoms with Gasteiger partial charge in [0.2, 0.25) is 5.91 Å². The van der Waals surface area contributed by atoms with E-state index in [-0.39, 0.29) is 17.0 Å². The highest BCUT2D eigenvalue weighted by molar-refractivity contribution is 5.78. The standard InChI is InChI=1S/C17H35N3O/c1-5-12-20(13-15(21)19-16(2,3)4)17(14-18)10-8-6-7-9-11-17/h5-14,18H2,1-4H3,(H,19,21). The van der Waals surface area contributed by atoms with Crippen LogP contribution >= 0.6 is 0 Å². The van der Waals surface area contributed by atoms with Gasteiger partial charge in [0.05, 0.1) is 6.54 Å². The smallest absolute Gasteiger partial charge is 0.234 e. The van der Waals surface area contributed by atoms with Gasteiger partial charge in [-0.2, -0.15) is 0 Å². The van der Waals surface area contributed by atoms with E-state index in [0.717, 1.165) is 25.8 Å². The quantitative estimate of drug-likeness (QED) is 0.741. The number of rotatable bonds is 6. The molecule has 1 aliphatic carbocycles. The van der Waals surface area contributed by atoms with Crippen molar-refractivity contribution in [3.8, 4) is 0 Å². The number of hydrogen-bond acceptors (Lipinski definition) is 3. The Kier molecular flexibility index (Phi) is 7.14. The van der Waals surface area contributed by atoms with Crippen LogP contribution in [0.3, 0.4) is 0 Å². The first-order valence-electron chi connectivity index (χ1n) is 8.59. The van der Waals surface area contributed by atoms with Crippen LogP contribution in [0.4, 0.5) is 0 Å². The normalized spacial score (nSPS) is 19.3. The second kappa shape index (κ2) is 8.14. The zero-order chi connectivity index (χ0) is 15.9. The minimum atomic E-state index is -0.172. The topological polar surface area (TPSA) is 58.4 Å². The van der Waals surface area contributed by atoms with Crippen molar-refractivity contribution >= 4 is 5.91 Å². The van der Waals surface area contributed by atoms with Gasteiger partial charge >= 0.3 is 0 Å². The molecule has 1 saturated carbocycles. The fourth-order valence-corrected chi connectivity index (χ4v) is 3.42. The van der Waals surface area contributed by atoms with Crippen LogP contribution in [0.25, 0.3) is 0 Å². The summed E-state index contributed by atoms with van der Waals surface area (Å²) in [6.45, 7) is 10.3. The molecule has 3 N–H and O–H groups in total. The number of nitrogens with one attached hydrogen (secondary N) is 1. The Labute approximate surface area is 130 Å². The van der Waals surface area contributed by atoms with Crippen molar-refractivity contribution in [3.05, 3.63) is 0 Å². The molecule has 0 bridgehead atoms. The van der Waals surface area contributed by atoms with Gasteiger partial charge in [0.1, 0.15) is 0 Å². The highest BCUT2D eigenvalue weighted by atomic mass is 16.2. The second-order valence-electron chi connectivity index (χ2n) is 7.56. The maximum Gasteiger partial charge on any atom is 0.234 e. The van der Waals surface area contributed by atoms with E-state index in [1.165, 1.54) is 25.7 Å². The Morgan fingerprint density at radius 1 is 1.19 bits per heavy atom. The molecule has 1 fully saturated rings.